The lowest BCUT2D eigenvalue weighted by Gasteiger charge is -2.21. The second kappa shape index (κ2) is 5.97. The number of rotatable bonds is 2. The highest BCUT2D eigenvalue weighted by Gasteiger charge is 2.12. The van der Waals surface area contributed by atoms with Crippen molar-refractivity contribution in [3.8, 4) is 0 Å². The summed E-state index contributed by atoms with van der Waals surface area (Å²) in [5.41, 5.74) is 0. The first-order valence-electron chi connectivity index (χ1n) is 5.33. The number of carbonyl (C=O) groups is 1. The third-order valence-corrected chi connectivity index (χ3v) is 2.50. The van der Waals surface area contributed by atoms with Crippen LogP contribution in [0.3, 0.4) is 0 Å². The van der Waals surface area contributed by atoms with E-state index in [9.17, 15) is 4.79 Å². The van der Waals surface area contributed by atoms with Gasteiger partial charge in [0.25, 0.3) is 0 Å². The van der Waals surface area contributed by atoms with Crippen molar-refractivity contribution in [2.45, 2.75) is 45.1 Å². The first-order chi connectivity index (χ1) is 6.33. The van der Waals surface area contributed by atoms with E-state index >= 15 is 0 Å². The summed E-state index contributed by atoms with van der Waals surface area (Å²) in [5.74, 6) is 0.193. The van der Waals surface area contributed by atoms with Gasteiger partial charge >= 0.3 is 0 Å². The van der Waals surface area contributed by atoms with Crippen LogP contribution in [0, 0.1) is 0 Å². The van der Waals surface area contributed by atoms with Crippen LogP contribution in [0.25, 0.3) is 0 Å². The zero-order valence-electron chi connectivity index (χ0n) is 8.44. The van der Waals surface area contributed by atoms with Crippen molar-refractivity contribution in [1.29, 1.82) is 0 Å². The molecule has 1 amide bonds. The fourth-order valence-corrected chi connectivity index (χ4v) is 1.69. The van der Waals surface area contributed by atoms with Gasteiger partial charge in [-0.1, -0.05) is 6.92 Å². The molecule has 0 unspecified atom stereocenters. The summed E-state index contributed by atoms with van der Waals surface area (Å²) in [7, 11) is 0. The average molecular weight is 184 g/mol. The number of hydrogen-bond acceptors (Lipinski definition) is 2. The first kappa shape index (κ1) is 10.5. The average Bonchev–Trinajstić information content (AvgIpc) is 2.09. The molecule has 0 atom stereocenters. The van der Waals surface area contributed by atoms with Gasteiger partial charge in [0.05, 0.1) is 0 Å². The second-order valence-electron chi connectivity index (χ2n) is 3.65. The molecule has 0 saturated carbocycles. The molecule has 1 saturated heterocycles. The lowest BCUT2D eigenvalue weighted by Crippen LogP contribution is -2.37. The fraction of sp³-hybridized carbons (Fsp3) is 0.900. The van der Waals surface area contributed by atoms with Gasteiger partial charge in [0.1, 0.15) is 0 Å². The maximum Gasteiger partial charge on any atom is 0.219 e. The van der Waals surface area contributed by atoms with E-state index in [2.05, 4.69) is 10.6 Å². The van der Waals surface area contributed by atoms with E-state index in [1.165, 1.54) is 12.8 Å². The molecule has 0 bridgehead atoms. The number of carbonyl (C=O) groups excluding carboxylic acids is 1. The molecule has 1 rings (SSSR count). The molecule has 3 nitrogen and oxygen atoms in total. The second-order valence-corrected chi connectivity index (χ2v) is 3.65. The van der Waals surface area contributed by atoms with Crippen molar-refractivity contribution in [2.75, 3.05) is 13.1 Å². The predicted molar refractivity (Wildman–Crippen MR) is 53.6 cm³/mol. The Labute approximate surface area is 80.3 Å². The molecule has 2 N–H and O–H groups in total. The maximum absolute atomic E-state index is 11.2. The van der Waals surface area contributed by atoms with Gasteiger partial charge in [0, 0.05) is 12.5 Å². The molecule has 0 aromatic rings. The zero-order chi connectivity index (χ0) is 9.52. The van der Waals surface area contributed by atoms with Gasteiger partial charge < -0.3 is 10.6 Å². The van der Waals surface area contributed by atoms with Crippen LogP contribution in [0.15, 0.2) is 0 Å². The SMILES string of the molecule is CCC(=O)NC1CCCNCCC1. The maximum atomic E-state index is 11.2. The number of amides is 1. The molecule has 0 aliphatic carbocycles. The van der Waals surface area contributed by atoms with Crippen molar-refractivity contribution in [3.05, 3.63) is 0 Å². The molecule has 13 heavy (non-hydrogen) atoms. The van der Waals surface area contributed by atoms with Crippen molar-refractivity contribution in [1.82, 2.24) is 10.6 Å². The minimum Gasteiger partial charge on any atom is -0.353 e. The van der Waals surface area contributed by atoms with Crippen molar-refractivity contribution in [2.24, 2.45) is 0 Å². The van der Waals surface area contributed by atoms with Crippen LogP contribution < -0.4 is 10.6 Å². The van der Waals surface area contributed by atoms with Crippen molar-refractivity contribution in [3.63, 3.8) is 0 Å². The van der Waals surface area contributed by atoms with Gasteiger partial charge in [-0.25, -0.2) is 0 Å². The normalized spacial score (nSPS) is 20.4. The molecular weight excluding hydrogens is 164 g/mol. The summed E-state index contributed by atoms with van der Waals surface area (Å²) in [6, 6.07) is 0.426. The Morgan fingerprint density at radius 3 is 2.54 bits per heavy atom. The third kappa shape index (κ3) is 4.27. The van der Waals surface area contributed by atoms with Crippen LogP contribution >= 0.6 is 0 Å². The Bertz CT molecular complexity index is 151. The van der Waals surface area contributed by atoms with Gasteiger partial charge in [0.15, 0.2) is 0 Å². The molecule has 1 heterocycles. The third-order valence-electron chi connectivity index (χ3n) is 2.50. The van der Waals surface area contributed by atoms with E-state index in [0.29, 0.717) is 12.5 Å². The van der Waals surface area contributed by atoms with Crippen LogP contribution in [0.1, 0.15) is 39.0 Å². The summed E-state index contributed by atoms with van der Waals surface area (Å²) in [4.78, 5) is 11.2. The molecule has 3 heteroatoms. The molecule has 1 aliphatic heterocycles. The van der Waals surface area contributed by atoms with Crippen LogP contribution in [0.5, 0.6) is 0 Å². The molecular formula is C10H20N2O. The standard InChI is InChI=1S/C10H20N2O/c1-2-10(13)12-9-5-3-7-11-8-4-6-9/h9,11H,2-8H2,1H3,(H,12,13). The Balaban J connectivity index is 2.25. The summed E-state index contributed by atoms with van der Waals surface area (Å²) in [5, 5.41) is 6.43. The molecule has 0 aromatic carbocycles. The summed E-state index contributed by atoms with van der Waals surface area (Å²) < 4.78 is 0. The summed E-state index contributed by atoms with van der Waals surface area (Å²) in [6.07, 6.45) is 5.20. The van der Waals surface area contributed by atoms with Crippen LogP contribution in [-0.4, -0.2) is 25.0 Å². The van der Waals surface area contributed by atoms with E-state index in [1.807, 2.05) is 6.92 Å². The lowest BCUT2D eigenvalue weighted by atomic mass is 10.0. The van der Waals surface area contributed by atoms with E-state index in [4.69, 9.17) is 0 Å². The summed E-state index contributed by atoms with van der Waals surface area (Å²) >= 11 is 0. The van der Waals surface area contributed by atoms with Gasteiger partial charge in [-0.3, -0.25) is 4.79 Å². The topological polar surface area (TPSA) is 41.1 Å². The van der Waals surface area contributed by atoms with Gasteiger partial charge in [-0.2, -0.15) is 0 Å². The minimum absolute atomic E-state index is 0.193. The van der Waals surface area contributed by atoms with Crippen LogP contribution in [0.4, 0.5) is 0 Å². The zero-order valence-corrected chi connectivity index (χ0v) is 8.44. The van der Waals surface area contributed by atoms with E-state index in [1.54, 1.807) is 0 Å². The Kier molecular flexibility index (Phi) is 4.83. The minimum atomic E-state index is 0.193. The Morgan fingerprint density at radius 2 is 2.00 bits per heavy atom. The highest BCUT2D eigenvalue weighted by Crippen LogP contribution is 2.07. The fourth-order valence-electron chi connectivity index (χ4n) is 1.69. The van der Waals surface area contributed by atoms with Gasteiger partial charge in [0.2, 0.25) is 5.91 Å². The predicted octanol–water partition coefficient (Wildman–Crippen LogP) is 1.04. The van der Waals surface area contributed by atoms with Gasteiger partial charge in [-0.05, 0) is 38.8 Å². The van der Waals surface area contributed by atoms with Crippen LogP contribution in [0.2, 0.25) is 0 Å². The molecule has 0 spiro atoms. The number of hydrogen-bond donors (Lipinski definition) is 2. The molecule has 76 valence electrons. The highest BCUT2D eigenvalue weighted by molar-refractivity contribution is 5.75. The molecule has 0 aromatic heterocycles. The largest absolute Gasteiger partial charge is 0.353 e. The summed E-state index contributed by atoms with van der Waals surface area (Å²) in [6.45, 7) is 4.09. The Hall–Kier alpha value is -0.570. The molecule has 1 fully saturated rings. The monoisotopic (exact) mass is 184 g/mol. The number of nitrogens with one attached hydrogen (secondary N) is 2. The Morgan fingerprint density at radius 1 is 1.38 bits per heavy atom. The molecule has 0 radical (unpaired) electrons. The van der Waals surface area contributed by atoms with Crippen LogP contribution in [-0.2, 0) is 4.79 Å². The van der Waals surface area contributed by atoms with Gasteiger partial charge in [-0.15, -0.1) is 0 Å². The first-order valence-corrected chi connectivity index (χ1v) is 5.33. The van der Waals surface area contributed by atoms with E-state index < -0.39 is 0 Å². The smallest absolute Gasteiger partial charge is 0.219 e. The van der Waals surface area contributed by atoms with E-state index in [-0.39, 0.29) is 5.91 Å². The van der Waals surface area contributed by atoms with Crippen molar-refractivity contribution < 1.29 is 4.79 Å². The molecule has 1 aliphatic rings. The van der Waals surface area contributed by atoms with Crippen molar-refractivity contribution >= 4 is 5.91 Å². The highest BCUT2D eigenvalue weighted by atomic mass is 16.1. The lowest BCUT2D eigenvalue weighted by molar-refractivity contribution is -0.121. The van der Waals surface area contributed by atoms with E-state index in [0.717, 1.165) is 25.9 Å². The quantitative estimate of drug-likeness (QED) is 0.673.